The molecule has 0 aromatic carbocycles. The number of carbonyl (C=O) groups excluding carboxylic acids is 4. The summed E-state index contributed by atoms with van der Waals surface area (Å²) in [6.45, 7) is 13.5. The Labute approximate surface area is 656 Å². The molecule has 6 aliphatic heterocycles. The largest absolute Gasteiger partial charge is 0.388 e. The molecule has 0 aliphatic carbocycles. The lowest BCUT2D eigenvalue weighted by atomic mass is 9.87. The summed E-state index contributed by atoms with van der Waals surface area (Å²) in [5.41, 5.74) is 2.70. The van der Waals surface area contributed by atoms with Crippen LogP contribution in [0, 0.1) is 0 Å². The van der Waals surface area contributed by atoms with E-state index in [4.69, 9.17) is 91.0 Å². The van der Waals surface area contributed by atoms with Gasteiger partial charge in [-0.3, -0.25) is 19.2 Å². The maximum Gasteiger partial charge on any atom is 0.220 e. The van der Waals surface area contributed by atoms with Crippen molar-refractivity contribution in [3.63, 3.8) is 0 Å². The van der Waals surface area contributed by atoms with E-state index in [-0.39, 0.29) is 109 Å². The lowest BCUT2D eigenvalue weighted by Gasteiger charge is -2.42. The van der Waals surface area contributed by atoms with Gasteiger partial charge >= 0.3 is 0 Å². The highest BCUT2D eigenvalue weighted by molar-refractivity contribution is 5.77. The van der Waals surface area contributed by atoms with Gasteiger partial charge in [-0.05, 0) is 70.8 Å². The molecule has 0 radical (unpaired) electrons. The van der Waals surface area contributed by atoms with Crippen molar-refractivity contribution in [1.82, 2.24) is 66.2 Å². The molecule has 642 valence electrons. The Kier molecular flexibility index (Phi) is 38.4. The molecule has 9 rings (SSSR count). The third-order valence-corrected chi connectivity index (χ3v) is 19.3. The fourth-order valence-electron chi connectivity index (χ4n) is 13.7. The molecule has 0 saturated carbocycles. The summed E-state index contributed by atoms with van der Waals surface area (Å²) in [4.78, 5) is 48.3. The van der Waals surface area contributed by atoms with Crippen LogP contribution in [0.5, 0.6) is 0 Å². The fourth-order valence-corrected chi connectivity index (χ4v) is 13.7. The van der Waals surface area contributed by atoms with Gasteiger partial charge in [0.2, 0.25) is 23.6 Å². The molecule has 6 bridgehead atoms. The maximum atomic E-state index is 13.4. The lowest BCUT2D eigenvalue weighted by molar-refractivity contribution is -0.229. The van der Waals surface area contributed by atoms with Crippen LogP contribution < -0.4 is 27.0 Å². The number of aliphatic hydroxyl groups excluding tert-OH is 6. The smallest absolute Gasteiger partial charge is 0.220 e. The van der Waals surface area contributed by atoms with Gasteiger partial charge in [0.05, 0.1) is 97.7 Å². The number of aliphatic hydroxyl groups is 6. The molecule has 4 amide bonds. The summed E-state index contributed by atoms with van der Waals surface area (Å²) in [6.07, 6.45) is 0.896. The van der Waals surface area contributed by atoms with Gasteiger partial charge in [0, 0.05) is 146 Å². The predicted molar refractivity (Wildman–Crippen MR) is 387 cm³/mol. The number of hydrogen-bond acceptors (Lipinski definition) is 35. The number of nitrogens with one attached hydrogen (secondary N) is 4. The van der Waals surface area contributed by atoms with E-state index in [1.54, 1.807) is 18.6 Å². The average Bonchev–Trinajstić information content (AvgIpc) is 1.61. The second-order valence-electron chi connectivity index (χ2n) is 29.2. The molecule has 12 N–H and O–H groups in total. The number of nitrogens with two attached hydrogens (primary N) is 1. The second kappa shape index (κ2) is 47.6. The first-order valence-corrected chi connectivity index (χ1v) is 39.1. The molecule has 0 unspecified atom stereocenters. The quantitative estimate of drug-likeness (QED) is 0.0238. The monoisotopic (exact) mass is 1620 g/mol. The van der Waals surface area contributed by atoms with Crippen molar-refractivity contribution in [2.24, 2.45) is 5.73 Å². The number of fused-ring (bicyclic) bond motifs is 6. The molecule has 42 heteroatoms. The van der Waals surface area contributed by atoms with Crippen molar-refractivity contribution in [3.8, 4) is 0 Å². The molecule has 113 heavy (non-hydrogen) atoms. The van der Waals surface area contributed by atoms with E-state index in [2.05, 4.69) is 52.2 Å². The summed E-state index contributed by atoms with van der Waals surface area (Å²) < 4.78 is 111. The van der Waals surface area contributed by atoms with Gasteiger partial charge in [-0.1, -0.05) is 15.6 Å². The first kappa shape index (κ1) is 91.2. The first-order chi connectivity index (χ1) is 54.7. The van der Waals surface area contributed by atoms with Gasteiger partial charge in [-0.2, -0.15) is 0 Å². The zero-order valence-electron chi connectivity index (χ0n) is 65.1. The summed E-state index contributed by atoms with van der Waals surface area (Å²) in [7, 11) is 0. The highest BCUT2D eigenvalue weighted by Gasteiger charge is 2.62. The van der Waals surface area contributed by atoms with Gasteiger partial charge in [-0.15, -0.1) is 15.3 Å². The highest BCUT2D eigenvalue weighted by atomic mass is 16.8. The van der Waals surface area contributed by atoms with Crippen molar-refractivity contribution < 1.29 is 135 Å². The van der Waals surface area contributed by atoms with E-state index < -0.39 is 96.0 Å². The lowest BCUT2D eigenvalue weighted by Crippen LogP contribution is -2.66. The van der Waals surface area contributed by atoms with E-state index in [1.165, 1.54) is 34.8 Å². The van der Waals surface area contributed by atoms with E-state index in [9.17, 15) is 49.8 Å². The van der Waals surface area contributed by atoms with E-state index in [0.717, 1.165) is 0 Å². The Morgan fingerprint density at radius 1 is 0.416 bits per heavy atom. The molecule has 42 nitrogen and oxygen atoms in total. The second-order valence-corrected chi connectivity index (χ2v) is 29.2. The molecule has 6 saturated heterocycles. The van der Waals surface area contributed by atoms with Crippen LogP contribution in [0.25, 0.3) is 0 Å². The number of ether oxygens (including phenoxy) is 18. The van der Waals surface area contributed by atoms with Crippen LogP contribution in [0.1, 0.15) is 108 Å². The Balaban J connectivity index is 0.610. The molecule has 3 aromatic heterocycles. The summed E-state index contributed by atoms with van der Waals surface area (Å²) >= 11 is 0. The molecule has 9 heterocycles. The molecule has 6 aliphatic rings. The van der Waals surface area contributed by atoms with Gasteiger partial charge in [0.1, 0.15) is 94.2 Å². The third-order valence-electron chi connectivity index (χ3n) is 19.3. The minimum Gasteiger partial charge on any atom is -0.388 e. The number of hydrogen-bond donors (Lipinski definition) is 11. The van der Waals surface area contributed by atoms with Crippen LogP contribution in [0.3, 0.4) is 0 Å². The van der Waals surface area contributed by atoms with Crippen molar-refractivity contribution in [1.29, 1.82) is 0 Å². The number of nitrogens with zero attached hydrogens (tertiary/aromatic N) is 9. The fraction of sp³-hybridized carbons (Fsp3) is 0.859. The van der Waals surface area contributed by atoms with Crippen LogP contribution in [0.4, 0.5) is 0 Å². The topological polar surface area (TPSA) is 522 Å². The van der Waals surface area contributed by atoms with Crippen molar-refractivity contribution >= 4 is 23.6 Å². The summed E-state index contributed by atoms with van der Waals surface area (Å²) in [6, 6.07) is -2.72. The molecule has 6 fully saturated rings. The van der Waals surface area contributed by atoms with E-state index in [1.807, 2.05) is 0 Å². The maximum absolute atomic E-state index is 13.4. The van der Waals surface area contributed by atoms with Crippen LogP contribution in [0.15, 0.2) is 18.6 Å². The van der Waals surface area contributed by atoms with Crippen LogP contribution in [0.2, 0.25) is 0 Å². The molecule has 3 aromatic rings. The normalized spacial score (nSPS) is 27.2. The highest BCUT2D eigenvalue weighted by Crippen LogP contribution is 2.41. The Hall–Kier alpha value is -5.70. The number of amides is 4. The first-order valence-electron chi connectivity index (χ1n) is 39.1. The Bertz CT molecular complexity index is 2930. The summed E-state index contributed by atoms with van der Waals surface area (Å²) in [5, 5.41) is 101. The van der Waals surface area contributed by atoms with Crippen molar-refractivity contribution in [3.05, 3.63) is 35.7 Å². The van der Waals surface area contributed by atoms with E-state index in [0.29, 0.717) is 207 Å². The minimum absolute atomic E-state index is 0.00238. The van der Waals surface area contributed by atoms with Crippen molar-refractivity contribution in [2.45, 2.75) is 227 Å². The minimum atomic E-state index is -1.34. The Morgan fingerprint density at radius 2 is 0.673 bits per heavy atom. The van der Waals surface area contributed by atoms with Gasteiger partial charge in [0.25, 0.3) is 0 Å². The summed E-state index contributed by atoms with van der Waals surface area (Å²) in [5.74, 6) is -1.35. The third kappa shape index (κ3) is 28.5. The SMILES string of the molecule is CC(=O)N[C@H]1[C@H]2OC[C@](Cn3cc(COCCCOCCCOCCCOCC(COCCCOCCCOCCCOCc4cn(C[C@@]56CO[C@@H](O5)[C@H](NC(C)=O)[C@@H](O)[C@H]6O)nn4)(COCCCOCCCOCCCOCc4cn(C[C@@]56CO[C@@H](O5)[C@H](NC(C)=O)[C@@H](O)[C@H]6O)nn4)NC(=O)CCCN)nn3)(O2)[C@H](O)[C@@H]1O. The van der Waals surface area contributed by atoms with Crippen LogP contribution in [-0.2, 0) is 144 Å². The molecular formula is C71H120N14O28. The molecule has 15 atom stereocenters. The van der Waals surface area contributed by atoms with Crippen molar-refractivity contribution in [2.75, 3.05) is 165 Å². The predicted octanol–water partition coefficient (Wildman–Crippen LogP) is -4.28. The van der Waals surface area contributed by atoms with E-state index >= 15 is 0 Å². The van der Waals surface area contributed by atoms with Crippen LogP contribution >= 0.6 is 0 Å². The number of rotatable bonds is 61. The molecular weight excluding hydrogens is 1500 g/mol. The zero-order chi connectivity index (χ0) is 80.3. The average molecular weight is 1620 g/mol. The van der Waals surface area contributed by atoms with Gasteiger partial charge in [-0.25, -0.2) is 14.0 Å². The number of carbonyl (C=O) groups is 4. The van der Waals surface area contributed by atoms with Crippen LogP contribution in [-0.4, -0.2) is 360 Å². The standard InChI is InChI=1S/C71H120N14O28/c1-49(86)73-56-59(90)62(93)69(46-108-65(56)111-69)40-83-34-52(77-80-83)37-102-28-8-22-96-16-5-19-99-25-11-31-105-43-68(76-55(89)14-4-15-72,44-106-32-12-26-100-20-6-17-97-23-9-29-103-38-53-35-84(81-78-53)41-70-47-109-66(112-70)57(74-50(2)87)60(91)63(70)94)45-107-33-13-27-101-21-7-18-98-24-10-30-104-39-54-36-85(82-79-54)42-71-48-110-67(113-71)58(75-51(3)88)61(92)64(71)95/h34-36,56-67,90-95H,4-33,37-48,72H2,1-3H3,(H,73,86)(H,74,87)(H,75,88)(H,76,89)/t56-,57-,58-,59-,60-,61-,62-,63-,64-,65+,66+,67+,69+,70+,71+/m1/s1. The zero-order valence-corrected chi connectivity index (χ0v) is 65.1. The number of aromatic nitrogens is 9. The van der Waals surface area contributed by atoms with Gasteiger partial charge < -0.3 is 143 Å². The Morgan fingerprint density at radius 3 is 0.929 bits per heavy atom. The van der Waals surface area contributed by atoms with Gasteiger partial charge in [0.15, 0.2) is 18.9 Å². The molecule has 0 spiro atoms.